The van der Waals surface area contributed by atoms with Gasteiger partial charge in [-0.25, -0.2) is 9.78 Å². The summed E-state index contributed by atoms with van der Waals surface area (Å²) in [5.74, 6) is 0.424. The van der Waals surface area contributed by atoms with Gasteiger partial charge in [-0.05, 0) is 46.1 Å². The van der Waals surface area contributed by atoms with E-state index in [0.29, 0.717) is 29.9 Å². The summed E-state index contributed by atoms with van der Waals surface area (Å²) >= 11 is 0. The van der Waals surface area contributed by atoms with Crippen molar-refractivity contribution in [2.45, 2.75) is 52.1 Å². The zero-order valence-corrected chi connectivity index (χ0v) is 12.4. The van der Waals surface area contributed by atoms with E-state index in [-0.39, 0.29) is 5.97 Å². The molecule has 1 fully saturated rings. The van der Waals surface area contributed by atoms with Gasteiger partial charge in [-0.15, -0.1) is 0 Å². The molecule has 2 N–H and O–H groups in total. The number of nitrogen functional groups attached to an aromatic ring is 1. The largest absolute Gasteiger partial charge is 0.462 e. The number of carbonyl (C=O) groups is 1. The molecule has 5 heteroatoms. The van der Waals surface area contributed by atoms with E-state index in [1.807, 2.05) is 0 Å². The lowest BCUT2D eigenvalue weighted by Crippen LogP contribution is -2.44. The van der Waals surface area contributed by atoms with Crippen molar-refractivity contribution >= 4 is 17.5 Å². The lowest BCUT2D eigenvalue weighted by atomic mass is 9.97. The molecule has 1 saturated heterocycles. The second-order valence-corrected chi connectivity index (χ2v) is 5.39. The first-order valence-corrected chi connectivity index (χ1v) is 7.25. The Bertz CT molecular complexity index is 480. The van der Waals surface area contributed by atoms with Gasteiger partial charge in [-0.1, -0.05) is 0 Å². The van der Waals surface area contributed by atoms with Gasteiger partial charge in [0.1, 0.15) is 5.82 Å². The summed E-state index contributed by atoms with van der Waals surface area (Å²) in [7, 11) is 0. The number of ether oxygens (including phenoxy) is 1. The topological polar surface area (TPSA) is 68.5 Å². The average molecular weight is 277 g/mol. The summed E-state index contributed by atoms with van der Waals surface area (Å²) in [5, 5.41) is 0. The molecule has 0 bridgehead atoms. The first-order chi connectivity index (χ1) is 9.54. The molecule has 2 atom stereocenters. The van der Waals surface area contributed by atoms with Crippen molar-refractivity contribution < 1.29 is 9.53 Å². The standard InChI is InChI=1S/C15H23N3O2/c1-4-20-15(19)12-8-14(17-9-13(12)16)18-10(2)6-5-7-11(18)3/h8-11H,4-7,16H2,1-3H3. The monoisotopic (exact) mass is 277 g/mol. The number of anilines is 2. The minimum Gasteiger partial charge on any atom is -0.462 e. The zero-order valence-electron chi connectivity index (χ0n) is 12.4. The third-order valence-electron chi connectivity index (χ3n) is 3.87. The van der Waals surface area contributed by atoms with Crippen molar-refractivity contribution in [1.29, 1.82) is 0 Å². The highest BCUT2D eigenvalue weighted by atomic mass is 16.5. The van der Waals surface area contributed by atoms with E-state index in [1.165, 1.54) is 6.42 Å². The van der Waals surface area contributed by atoms with E-state index in [9.17, 15) is 4.79 Å². The Kier molecular flexibility index (Phi) is 4.47. The van der Waals surface area contributed by atoms with Gasteiger partial charge in [0.25, 0.3) is 0 Å². The Morgan fingerprint density at radius 3 is 2.70 bits per heavy atom. The van der Waals surface area contributed by atoms with E-state index in [0.717, 1.165) is 18.7 Å². The number of carbonyl (C=O) groups excluding carboxylic acids is 1. The molecule has 1 aliphatic rings. The Balaban J connectivity index is 2.32. The van der Waals surface area contributed by atoms with Crippen LogP contribution in [0.4, 0.5) is 11.5 Å². The van der Waals surface area contributed by atoms with Crippen molar-refractivity contribution in [3.63, 3.8) is 0 Å². The van der Waals surface area contributed by atoms with Crippen molar-refractivity contribution in [3.8, 4) is 0 Å². The number of nitrogens with zero attached hydrogens (tertiary/aromatic N) is 2. The highest BCUT2D eigenvalue weighted by Crippen LogP contribution is 2.29. The van der Waals surface area contributed by atoms with Crippen molar-refractivity contribution in [2.75, 3.05) is 17.2 Å². The predicted octanol–water partition coefficient (Wildman–Crippen LogP) is 2.61. The van der Waals surface area contributed by atoms with Crippen LogP contribution in [0.15, 0.2) is 12.3 Å². The summed E-state index contributed by atoms with van der Waals surface area (Å²) in [6, 6.07) is 2.60. The van der Waals surface area contributed by atoms with E-state index in [2.05, 4.69) is 23.7 Å². The summed E-state index contributed by atoms with van der Waals surface area (Å²) in [4.78, 5) is 18.6. The van der Waals surface area contributed by atoms with Crippen LogP contribution in [-0.4, -0.2) is 29.6 Å². The van der Waals surface area contributed by atoms with Crippen molar-refractivity contribution in [2.24, 2.45) is 0 Å². The quantitative estimate of drug-likeness (QED) is 0.860. The molecule has 2 heterocycles. The fourth-order valence-corrected chi connectivity index (χ4v) is 2.85. The van der Waals surface area contributed by atoms with Gasteiger partial charge in [0.15, 0.2) is 0 Å². The van der Waals surface area contributed by atoms with Crippen LogP contribution >= 0.6 is 0 Å². The molecule has 0 radical (unpaired) electrons. The van der Waals surface area contributed by atoms with Gasteiger partial charge in [-0.2, -0.15) is 0 Å². The SMILES string of the molecule is CCOC(=O)c1cc(N2C(C)CCCC2C)ncc1N. The zero-order chi connectivity index (χ0) is 14.7. The van der Waals surface area contributed by atoms with E-state index in [4.69, 9.17) is 10.5 Å². The molecule has 0 spiro atoms. The fourth-order valence-electron chi connectivity index (χ4n) is 2.85. The number of rotatable bonds is 3. The minimum atomic E-state index is -0.383. The van der Waals surface area contributed by atoms with E-state index in [1.54, 1.807) is 19.2 Å². The van der Waals surface area contributed by atoms with Gasteiger partial charge in [0, 0.05) is 12.1 Å². The molecular weight excluding hydrogens is 254 g/mol. The normalized spacial score (nSPS) is 22.6. The third kappa shape index (κ3) is 2.86. The van der Waals surface area contributed by atoms with Gasteiger partial charge in [0.2, 0.25) is 0 Å². The number of piperidine rings is 1. The molecule has 1 aromatic heterocycles. The lowest BCUT2D eigenvalue weighted by Gasteiger charge is -2.40. The maximum Gasteiger partial charge on any atom is 0.340 e. The number of hydrogen-bond acceptors (Lipinski definition) is 5. The molecule has 2 rings (SSSR count). The Morgan fingerprint density at radius 2 is 2.10 bits per heavy atom. The van der Waals surface area contributed by atoms with Crippen LogP contribution in [0.1, 0.15) is 50.4 Å². The van der Waals surface area contributed by atoms with Crippen molar-refractivity contribution in [1.82, 2.24) is 4.98 Å². The van der Waals surface area contributed by atoms with Gasteiger partial charge in [0.05, 0.1) is 24.1 Å². The van der Waals surface area contributed by atoms with Crippen LogP contribution < -0.4 is 10.6 Å². The summed E-state index contributed by atoms with van der Waals surface area (Å²) in [6.45, 7) is 6.51. The lowest BCUT2D eigenvalue weighted by molar-refractivity contribution is 0.0527. The van der Waals surface area contributed by atoms with Crippen molar-refractivity contribution in [3.05, 3.63) is 17.8 Å². The maximum atomic E-state index is 11.9. The molecule has 0 aliphatic carbocycles. The molecule has 110 valence electrons. The fraction of sp³-hybridized carbons (Fsp3) is 0.600. The number of aromatic nitrogens is 1. The molecule has 0 amide bonds. The number of hydrogen-bond donors (Lipinski definition) is 1. The van der Waals surface area contributed by atoms with Crippen LogP contribution in [0.5, 0.6) is 0 Å². The maximum absolute atomic E-state index is 11.9. The number of esters is 1. The van der Waals surface area contributed by atoms with Crippen LogP contribution in [-0.2, 0) is 4.74 Å². The van der Waals surface area contributed by atoms with E-state index >= 15 is 0 Å². The number of nitrogens with two attached hydrogens (primary N) is 1. The third-order valence-corrected chi connectivity index (χ3v) is 3.87. The van der Waals surface area contributed by atoms with Crippen LogP contribution in [0, 0.1) is 0 Å². The van der Waals surface area contributed by atoms with Gasteiger partial charge < -0.3 is 15.4 Å². The highest BCUT2D eigenvalue weighted by molar-refractivity contribution is 5.95. The van der Waals surface area contributed by atoms with Gasteiger partial charge >= 0.3 is 5.97 Å². The summed E-state index contributed by atoms with van der Waals surface area (Å²) in [6.07, 6.45) is 5.07. The Morgan fingerprint density at radius 1 is 1.45 bits per heavy atom. The molecule has 0 aromatic carbocycles. The molecule has 1 aliphatic heterocycles. The summed E-state index contributed by atoms with van der Waals surface area (Å²) in [5.41, 5.74) is 6.61. The second kappa shape index (κ2) is 6.11. The minimum absolute atomic E-state index is 0.340. The van der Waals surface area contributed by atoms with Crippen LogP contribution in [0.3, 0.4) is 0 Å². The van der Waals surface area contributed by atoms with Gasteiger partial charge in [-0.3, -0.25) is 0 Å². The first-order valence-electron chi connectivity index (χ1n) is 7.25. The second-order valence-electron chi connectivity index (χ2n) is 5.39. The Labute approximate surface area is 120 Å². The van der Waals surface area contributed by atoms with Crippen LogP contribution in [0.2, 0.25) is 0 Å². The predicted molar refractivity (Wildman–Crippen MR) is 79.9 cm³/mol. The number of pyridine rings is 1. The molecule has 5 nitrogen and oxygen atoms in total. The molecule has 1 aromatic rings. The smallest absolute Gasteiger partial charge is 0.340 e. The van der Waals surface area contributed by atoms with E-state index < -0.39 is 0 Å². The molecule has 2 unspecified atom stereocenters. The highest BCUT2D eigenvalue weighted by Gasteiger charge is 2.27. The summed E-state index contributed by atoms with van der Waals surface area (Å²) < 4.78 is 5.04. The molecular formula is C15H23N3O2. The molecule has 20 heavy (non-hydrogen) atoms. The van der Waals surface area contributed by atoms with Crippen LogP contribution in [0.25, 0.3) is 0 Å². The first kappa shape index (κ1) is 14.6. The molecule has 0 saturated carbocycles. The average Bonchev–Trinajstić information content (AvgIpc) is 2.40. The Hall–Kier alpha value is -1.78.